The Morgan fingerprint density at radius 3 is 1.70 bits per heavy atom. The standard InChI is InChI=1S/C12H18.C3H6O.2C2H6/c1-3-5-8-12-10-7-6-9-11(12)4-2;1-2-3-4;2*1-2/h6-7,9-10H,3-5,8H2,1-2H3;3H,2H2,1H3;2*1-2H3. The maximum atomic E-state index is 9.17. The third-order valence-electron chi connectivity index (χ3n) is 2.47. The van der Waals surface area contributed by atoms with E-state index in [-0.39, 0.29) is 0 Å². The van der Waals surface area contributed by atoms with E-state index in [0.29, 0.717) is 6.42 Å². The normalized spacial score (nSPS) is 7.95. The minimum Gasteiger partial charge on any atom is -0.303 e. The lowest BCUT2D eigenvalue weighted by molar-refractivity contribution is -0.107. The molecule has 1 aromatic carbocycles. The molecule has 0 spiro atoms. The van der Waals surface area contributed by atoms with Crippen molar-refractivity contribution in [3.63, 3.8) is 0 Å². The molecule has 1 nitrogen and oxygen atoms in total. The lowest BCUT2D eigenvalue weighted by Crippen LogP contribution is -1.91. The predicted molar refractivity (Wildman–Crippen MR) is 93.5 cm³/mol. The van der Waals surface area contributed by atoms with Gasteiger partial charge in [0.1, 0.15) is 6.29 Å². The van der Waals surface area contributed by atoms with Crippen molar-refractivity contribution < 1.29 is 4.79 Å². The molecule has 0 aliphatic heterocycles. The molecule has 0 atom stereocenters. The summed E-state index contributed by atoms with van der Waals surface area (Å²) in [5.41, 5.74) is 3.06. The fraction of sp³-hybridized carbons (Fsp3) is 0.632. The number of hydrogen-bond donors (Lipinski definition) is 0. The summed E-state index contributed by atoms with van der Waals surface area (Å²) in [7, 11) is 0. The molecule has 1 rings (SSSR count). The molecule has 0 aliphatic carbocycles. The Morgan fingerprint density at radius 2 is 1.35 bits per heavy atom. The molecule has 0 aliphatic rings. The molecule has 1 heteroatoms. The maximum absolute atomic E-state index is 9.17. The van der Waals surface area contributed by atoms with Gasteiger partial charge in [0, 0.05) is 6.42 Å². The zero-order chi connectivity index (χ0) is 16.2. The number of unbranched alkanes of at least 4 members (excludes halogenated alkanes) is 1. The fourth-order valence-electron chi connectivity index (χ4n) is 1.51. The largest absolute Gasteiger partial charge is 0.303 e. The molecule has 118 valence electrons. The van der Waals surface area contributed by atoms with Gasteiger partial charge in [0.15, 0.2) is 0 Å². The number of benzene rings is 1. The van der Waals surface area contributed by atoms with Gasteiger partial charge in [-0.25, -0.2) is 0 Å². The molecule has 0 aromatic heterocycles. The Labute approximate surface area is 127 Å². The number of hydrogen-bond acceptors (Lipinski definition) is 1. The summed E-state index contributed by atoms with van der Waals surface area (Å²) >= 11 is 0. The maximum Gasteiger partial charge on any atom is 0.119 e. The zero-order valence-electron chi connectivity index (χ0n) is 14.8. The quantitative estimate of drug-likeness (QED) is 0.583. The second-order valence-electron chi connectivity index (χ2n) is 3.80. The minimum absolute atomic E-state index is 0.639. The van der Waals surface area contributed by atoms with Crippen molar-refractivity contribution in [2.24, 2.45) is 0 Å². The lowest BCUT2D eigenvalue weighted by atomic mass is 10.0. The summed E-state index contributed by atoms with van der Waals surface area (Å²) in [5, 5.41) is 0. The van der Waals surface area contributed by atoms with Crippen LogP contribution in [0.15, 0.2) is 24.3 Å². The molecule has 0 saturated carbocycles. The fourth-order valence-corrected chi connectivity index (χ4v) is 1.51. The van der Waals surface area contributed by atoms with Crippen molar-refractivity contribution in [2.45, 2.75) is 80.6 Å². The first-order valence-electron chi connectivity index (χ1n) is 8.30. The van der Waals surface area contributed by atoms with Gasteiger partial charge in [-0.15, -0.1) is 0 Å². The summed E-state index contributed by atoms with van der Waals surface area (Å²) in [6, 6.07) is 8.78. The van der Waals surface area contributed by atoms with E-state index >= 15 is 0 Å². The average molecular weight is 280 g/mol. The van der Waals surface area contributed by atoms with Gasteiger partial charge in [0.05, 0.1) is 0 Å². The van der Waals surface area contributed by atoms with E-state index in [4.69, 9.17) is 0 Å². The number of carbonyl (C=O) groups excluding carboxylic acids is 1. The Morgan fingerprint density at radius 1 is 0.900 bits per heavy atom. The first-order valence-corrected chi connectivity index (χ1v) is 8.30. The molecular weight excluding hydrogens is 244 g/mol. The average Bonchev–Trinajstić information content (AvgIpc) is 2.57. The second-order valence-corrected chi connectivity index (χ2v) is 3.80. The van der Waals surface area contributed by atoms with Gasteiger partial charge >= 0.3 is 0 Å². The summed E-state index contributed by atoms with van der Waals surface area (Å²) < 4.78 is 0. The summed E-state index contributed by atoms with van der Waals surface area (Å²) in [5.74, 6) is 0. The van der Waals surface area contributed by atoms with Gasteiger partial charge in [-0.2, -0.15) is 0 Å². The second kappa shape index (κ2) is 23.0. The van der Waals surface area contributed by atoms with Gasteiger partial charge in [-0.1, -0.05) is 79.2 Å². The van der Waals surface area contributed by atoms with Crippen LogP contribution in [0.1, 0.15) is 78.9 Å². The van der Waals surface area contributed by atoms with E-state index in [0.717, 1.165) is 6.29 Å². The van der Waals surface area contributed by atoms with Crippen LogP contribution in [0.2, 0.25) is 0 Å². The van der Waals surface area contributed by atoms with Gasteiger partial charge in [-0.05, 0) is 30.4 Å². The van der Waals surface area contributed by atoms with Crippen molar-refractivity contribution in [3.8, 4) is 0 Å². The van der Waals surface area contributed by atoms with Crippen LogP contribution in [0.3, 0.4) is 0 Å². The van der Waals surface area contributed by atoms with E-state index < -0.39 is 0 Å². The first kappa shape index (κ1) is 23.9. The molecule has 0 N–H and O–H groups in total. The smallest absolute Gasteiger partial charge is 0.119 e. The Bertz CT molecular complexity index is 279. The molecule has 0 saturated heterocycles. The van der Waals surface area contributed by atoms with Crippen LogP contribution in [0, 0.1) is 0 Å². The summed E-state index contributed by atoms with van der Waals surface area (Å²) in [6.07, 6.45) is 6.54. The van der Waals surface area contributed by atoms with Crippen LogP contribution in [-0.4, -0.2) is 6.29 Å². The Kier molecular flexibility index (Phi) is 27.6. The molecule has 0 unspecified atom stereocenters. The molecular formula is C19H36O. The van der Waals surface area contributed by atoms with Crippen molar-refractivity contribution in [2.75, 3.05) is 0 Å². The Balaban J connectivity index is -0.000000306. The van der Waals surface area contributed by atoms with Crippen molar-refractivity contribution in [1.82, 2.24) is 0 Å². The number of rotatable bonds is 5. The highest BCUT2D eigenvalue weighted by molar-refractivity contribution is 5.48. The van der Waals surface area contributed by atoms with Gasteiger partial charge in [0.25, 0.3) is 0 Å². The summed E-state index contributed by atoms with van der Waals surface area (Å²) in [4.78, 5) is 9.17. The molecule has 1 aromatic rings. The van der Waals surface area contributed by atoms with E-state index in [1.54, 1.807) is 5.56 Å². The van der Waals surface area contributed by atoms with E-state index in [9.17, 15) is 4.79 Å². The van der Waals surface area contributed by atoms with E-state index in [1.807, 2.05) is 34.6 Å². The van der Waals surface area contributed by atoms with Crippen LogP contribution >= 0.6 is 0 Å². The van der Waals surface area contributed by atoms with E-state index in [1.165, 1.54) is 31.2 Å². The third kappa shape index (κ3) is 14.9. The van der Waals surface area contributed by atoms with Crippen molar-refractivity contribution >= 4 is 6.29 Å². The highest BCUT2D eigenvalue weighted by Gasteiger charge is 1.97. The van der Waals surface area contributed by atoms with Gasteiger partial charge in [-0.3, -0.25) is 0 Å². The number of aryl methyl sites for hydroxylation is 2. The van der Waals surface area contributed by atoms with Crippen LogP contribution < -0.4 is 0 Å². The van der Waals surface area contributed by atoms with Crippen molar-refractivity contribution in [1.29, 1.82) is 0 Å². The molecule has 0 radical (unpaired) electrons. The van der Waals surface area contributed by atoms with Crippen LogP contribution in [0.25, 0.3) is 0 Å². The molecule has 20 heavy (non-hydrogen) atoms. The summed E-state index contributed by atoms with van der Waals surface area (Å²) in [6.45, 7) is 14.3. The minimum atomic E-state index is 0.639. The van der Waals surface area contributed by atoms with Gasteiger partial charge < -0.3 is 4.79 Å². The first-order chi connectivity index (χ1) is 9.79. The molecule has 0 fully saturated rings. The van der Waals surface area contributed by atoms with Crippen LogP contribution in [0.4, 0.5) is 0 Å². The van der Waals surface area contributed by atoms with E-state index in [2.05, 4.69) is 38.1 Å². The number of aldehydes is 1. The lowest BCUT2D eigenvalue weighted by Gasteiger charge is -2.05. The van der Waals surface area contributed by atoms with Gasteiger partial charge in [0.2, 0.25) is 0 Å². The molecule has 0 heterocycles. The van der Waals surface area contributed by atoms with Crippen LogP contribution in [0.5, 0.6) is 0 Å². The topological polar surface area (TPSA) is 17.1 Å². The highest BCUT2D eigenvalue weighted by Crippen LogP contribution is 2.12. The number of carbonyl (C=O) groups is 1. The van der Waals surface area contributed by atoms with Crippen molar-refractivity contribution in [3.05, 3.63) is 35.4 Å². The zero-order valence-corrected chi connectivity index (χ0v) is 14.8. The highest BCUT2D eigenvalue weighted by atomic mass is 16.1. The molecule has 0 bridgehead atoms. The predicted octanol–water partition coefficient (Wildman–Crippen LogP) is 6.24. The molecule has 0 amide bonds. The SMILES string of the molecule is CC.CC.CCC=O.CCCCc1ccccc1CC. The van der Waals surface area contributed by atoms with Crippen LogP contribution in [-0.2, 0) is 17.6 Å². The Hall–Kier alpha value is -1.11. The third-order valence-corrected chi connectivity index (χ3v) is 2.47. The monoisotopic (exact) mass is 280 g/mol.